The monoisotopic (exact) mass is 233 g/mol. The summed E-state index contributed by atoms with van der Waals surface area (Å²) in [5.74, 6) is 0.433. The molecular formula is C10H14F3N3. The van der Waals surface area contributed by atoms with Crippen LogP contribution >= 0.6 is 0 Å². The van der Waals surface area contributed by atoms with Gasteiger partial charge in [0.1, 0.15) is 0 Å². The minimum Gasteiger partial charge on any atom is -0.317 e. The average molecular weight is 233 g/mol. The fraction of sp³-hybridized carbons (Fsp3) is 0.700. The first-order valence-electron chi connectivity index (χ1n) is 5.36. The first-order valence-corrected chi connectivity index (χ1v) is 5.36. The summed E-state index contributed by atoms with van der Waals surface area (Å²) < 4.78 is 38.4. The van der Waals surface area contributed by atoms with E-state index in [1.165, 1.54) is 4.68 Å². The van der Waals surface area contributed by atoms with E-state index in [1.54, 1.807) is 0 Å². The smallest absolute Gasteiger partial charge is 0.317 e. The van der Waals surface area contributed by atoms with Crippen molar-refractivity contribution in [1.82, 2.24) is 15.1 Å². The largest absolute Gasteiger partial charge is 0.419 e. The minimum absolute atomic E-state index is 0.433. The van der Waals surface area contributed by atoms with Gasteiger partial charge in [-0.15, -0.1) is 0 Å². The van der Waals surface area contributed by atoms with Gasteiger partial charge < -0.3 is 5.32 Å². The van der Waals surface area contributed by atoms with Gasteiger partial charge in [-0.2, -0.15) is 18.3 Å². The van der Waals surface area contributed by atoms with Crippen LogP contribution in [-0.4, -0.2) is 22.9 Å². The molecule has 1 aromatic rings. The predicted octanol–water partition coefficient (Wildman–Crippen LogP) is 1.90. The molecule has 0 spiro atoms. The third-order valence-corrected chi connectivity index (χ3v) is 2.86. The second-order valence-corrected chi connectivity index (χ2v) is 4.14. The summed E-state index contributed by atoms with van der Waals surface area (Å²) in [4.78, 5) is 0. The average Bonchev–Trinajstić information content (AvgIpc) is 2.67. The normalized spacial score (nSPS) is 18.9. The maximum absolute atomic E-state index is 12.3. The maximum atomic E-state index is 12.3. The van der Waals surface area contributed by atoms with Gasteiger partial charge in [0.25, 0.3) is 0 Å². The molecule has 1 N–H and O–H groups in total. The number of nitrogens with zero attached hydrogens (tertiary/aromatic N) is 2. The summed E-state index contributed by atoms with van der Waals surface area (Å²) in [5.41, 5.74) is -0.665. The van der Waals surface area contributed by atoms with E-state index in [-0.39, 0.29) is 0 Å². The fourth-order valence-electron chi connectivity index (χ4n) is 1.94. The topological polar surface area (TPSA) is 29.9 Å². The molecule has 0 bridgehead atoms. The molecule has 16 heavy (non-hydrogen) atoms. The minimum atomic E-state index is -4.29. The van der Waals surface area contributed by atoms with Crippen LogP contribution in [0.3, 0.4) is 0 Å². The van der Waals surface area contributed by atoms with E-state index in [4.69, 9.17) is 0 Å². The van der Waals surface area contributed by atoms with Crippen LogP contribution < -0.4 is 5.32 Å². The summed E-state index contributed by atoms with van der Waals surface area (Å²) in [6.07, 6.45) is -0.308. The molecule has 0 unspecified atom stereocenters. The van der Waals surface area contributed by atoms with Gasteiger partial charge in [0, 0.05) is 12.7 Å². The van der Waals surface area contributed by atoms with E-state index in [1.807, 2.05) is 0 Å². The van der Waals surface area contributed by atoms with Crippen molar-refractivity contribution in [2.24, 2.45) is 5.92 Å². The highest BCUT2D eigenvalue weighted by molar-refractivity contribution is 5.08. The van der Waals surface area contributed by atoms with Gasteiger partial charge in [-0.05, 0) is 31.8 Å². The lowest BCUT2D eigenvalue weighted by atomic mass is 9.98. The first-order chi connectivity index (χ1) is 7.55. The molecule has 0 radical (unpaired) electrons. The van der Waals surface area contributed by atoms with E-state index < -0.39 is 11.7 Å². The van der Waals surface area contributed by atoms with Crippen molar-refractivity contribution in [3.63, 3.8) is 0 Å². The van der Waals surface area contributed by atoms with E-state index in [9.17, 15) is 13.2 Å². The Kier molecular flexibility index (Phi) is 3.18. The molecule has 2 rings (SSSR count). The van der Waals surface area contributed by atoms with Gasteiger partial charge in [-0.1, -0.05) is 0 Å². The Morgan fingerprint density at radius 3 is 2.62 bits per heavy atom. The van der Waals surface area contributed by atoms with Crippen LogP contribution in [0.5, 0.6) is 0 Å². The van der Waals surface area contributed by atoms with Crippen LogP contribution in [0.4, 0.5) is 13.2 Å². The third-order valence-electron chi connectivity index (χ3n) is 2.86. The van der Waals surface area contributed by atoms with Gasteiger partial charge in [0.15, 0.2) is 0 Å². The second kappa shape index (κ2) is 4.45. The zero-order valence-electron chi connectivity index (χ0n) is 8.80. The molecular weight excluding hydrogens is 219 g/mol. The summed E-state index contributed by atoms with van der Waals surface area (Å²) in [5, 5.41) is 6.97. The predicted molar refractivity (Wildman–Crippen MR) is 52.8 cm³/mol. The molecule has 1 aromatic heterocycles. The van der Waals surface area contributed by atoms with E-state index in [0.717, 1.165) is 38.3 Å². The molecule has 6 heteroatoms. The molecule has 0 aromatic carbocycles. The van der Waals surface area contributed by atoms with E-state index in [2.05, 4.69) is 10.4 Å². The fourth-order valence-corrected chi connectivity index (χ4v) is 1.94. The Morgan fingerprint density at radius 1 is 1.38 bits per heavy atom. The van der Waals surface area contributed by atoms with Gasteiger partial charge in [-0.3, -0.25) is 4.68 Å². The summed E-state index contributed by atoms with van der Waals surface area (Å²) >= 11 is 0. The quantitative estimate of drug-likeness (QED) is 0.845. The van der Waals surface area contributed by atoms with Gasteiger partial charge >= 0.3 is 6.18 Å². The number of rotatable bonds is 2. The summed E-state index contributed by atoms with van der Waals surface area (Å²) in [6.45, 7) is 2.47. The van der Waals surface area contributed by atoms with Crippen LogP contribution in [0, 0.1) is 5.92 Å². The number of alkyl halides is 3. The molecule has 1 fully saturated rings. The van der Waals surface area contributed by atoms with Crippen LogP contribution in [-0.2, 0) is 12.7 Å². The number of piperidine rings is 1. The SMILES string of the molecule is FC(F)(F)c1cnn(CC2CCNCC2)c1. The zero-order chi connectivity index (χ0) is 11.6. The van der Waals surface area contributed by atoms with Gasteiger partial charge in [0.2, 0.25) is 0 Å². The Hall–Kier alpha value is -1.04. The van der Waals surface area contributed by atoms with Crippen molar-refractivity contribution in [1.29, 1.82) is 0 Å². The standard InChI is InChI=1S/C10H14F3N3/c11-10(12,13)9-5-15-16(7-9)6-8-1-3-14-4-2-8/h5,7-8,14H,1-4,6H2. The highest BCUT2D eigenvalue weighted by atomic mass is 19.4. The molecule has 0 saturated carbocycles. The molecule has 0 aliphatic carbocycles. The number of aromatic nitrogens is 2. The molecule has 1 aliphatic rings. The number of nitrogens with one attached hydrogen (secondary N) is 1. The van der Waals surface area contributed by atoms with Crippen LogP contribution in [0.25, 0.3) is 0 Å². The van der Waals surface area contributed by atoms with Crippen molar-refractivity contribution >= 4 is 0 Å². The van der Waals surface area contributed by atoms with Crippen molar-refractivity contribution in [3.8, 4) is 0 Å². The number of hydrogen-bond donors (Lipinski definition) is 1. The number of hydrogen-bond acceptors (Lipinski definition) is 2. The Bertz CT molecular complexity index is 339. The lowest BCUT2D eigenvalue weighted by Gasteiger charge is -2.22. The third kappa shape index (κ3) is 2.75. The summed E-state index contributed by atoms with van der Waals surface area (Å²) in [7, 11) is 0. The van der Waals surface area contributed by atoms with Crippen molar-refractivity contribution < 1.29 is 13.2 Å². The zero-order valence-corrected chi connectivity index (χ0v) is 8.80. The maximum Gasteiger partial charge on any atom is 0.419 e. The summed E-state index contributed by atoms with van der Waals surface area (Å²) in [6, 6.07) is 0. The van der Waals surface area contributed by atoms with Crippen molar-refractivity contribution in [2.75, 3.05) is 13.1 Å². The van der Waals surface area contributed by atoms with E-state index in [0.29, 0.717) is 12.5 Å². The second-order valence-electron chi connectivity index (χ2n) is 4.14. The van der Waals surface area contributed by atoms with Gasteiger partial charge in [0.05, 0.1) is 11.8 Å². The Balaban J connectivity index is 1.97. The molecule has 0 atom stereocenters. The highest BCUT2D eigenvalue weighted by Gasteiger charge is 2.32. The molecule has 90 valence electrons. The molecule has 2 heterocycles. The Morgan fingerprint density at radius 2 is 2.06 bits per heavy atom. The Labute approximate surface area is 91.6 Å². The first kappa shape index (κ1) is 11.4. The highest BCUT2D eigenvalue weighted by Crippen LogP contribution is 2.28. The molecule has 3 nitrogen and oxygen atoms in total. The van der Waals surface area contributed by atoms with Crippen LogP contribution in [0.2, 0.25) is 0 Å². The molecule has 1 saturated heterocycles. The van der Waals surface area contributed by atoms with Crippen molar-refractivity contribution in [3.05, 3.63) is 18.0 Å². The number of halogens is 3. The molecule has 0 amide bonds. The van der Waals surface area contributed by atoms with E-state index >= 15 is 0 Å². The van der Waals surface area contributed by atoms with Crippen LogP contribution in [0.15, 0.2) is 12.4 Å². The lowest BCUT2D eigenvalue weighted by Crippen LogP contribution is -2.30. The molecule has 1 aliphatic heterocycles. The van der Waals surface area contributed by atoms with Crippen LogP contribution in [0.1, 0.15) is 18.4 Å². The lowest BCUT2D eigenvalue weighted by molar-refractivity contribution is -0.137. The van der Waals surface area contributed by atoms with Crippen molar-refractivity contribution in [2.45, 2.75) is 25.6 Å². The van der Waals surface area contributed by atoms with Gasteiger partial charge in [-0.25, -0.2) is 0 Å².